The molecule has 5 heteroatoms. The molecule has 4 nitrogen and oxygen atoms in total. The lowest BCUT2D eigenvalue weighted by Gasteiger charge is -2.30. The lowest BCUT2D eigenvalue weighted by atomic mass is 9.96. The number of hydrogen-bond acceptors (Lipinski definition) is 3. The highest BCUT2D eigenvalue weighted by molar-refractivity contribution is 7.89. The molecule has 0 saturated carbocycles. The fourth-order valence-corrected chi connectivity index (χ4v) is 2.81. The number of carbonyl (C=O) groups excluding carboxylic acids is 1. The molecule has 1 unspecified atom stereocenters. The van der Waals surface area contributed by atoms with E-state index in [-0.39, 0.29) is 17.5 Å². The van der Waals surface area contributed by atoms with E-state index in [9.17, 15) is 13.2 Å². The topological polar surface area (TPSA) is 54.5 Å². The minimum absolute atomic E-state index is 0.0925. The van der Waals surface area contributed by atoms with E-state index in [1.807, 2.05) is 6.92 Å². The first kappa shape index (κ1) is 11.7. The summed E-state index contributed by atoms with van der Waals surface area (Å²) in [6, 6.07) is 0. The third-order valence-electron chi connectivity index (χ3n) is 2.74. The van der Waals surface area contributed by atoms with Gasteiger partial charge in [0.25, 0.3) is 0 Å². The number of carbonyl (C=O) groups is 1. The zero-order valence-electron chi connectivity index (χ0n) is 8.69. The van der Waals surface area contributed by atoms with E-state index < -0.39 is 10.0 Å². The average Bonchev–Trinajstić information content (AvgIpc) is 2.18. The van der Waals surface area contributed by atoms with Gasteiger partial charge in [-0.2, -0.15) is 0 Å². The van der Waals surface area contributed by atoms with Crippen LogP contribution in [0.2, 0.25) is 0 Å². The lowest BCUT2D eigenvalue weighted by Crippen LogP contribution is -2.44. The molecule has 0 aromatic carbocycles. The Bertz CT molecular complexity index is 310. The Hall–Kier alpha value is -0.420. The molecule has 1 rings (SSSR count). The van der Waals surface area contributed by atoms with Crippen LogP contribution in [0.4, 0.5) is 0 Å². The monoisotopic (exact) mass is 219 g/mol. The molecule has 1 saturated heterocycles. The summed E-state index contributed by atoms with van der Waals surface area (Å²) in [5.41, 5.74) is 0. The van der Waals surface area contributed by atoms with Crippen molar-refractivity contribution in [1.29, 1.82) is 0 Å². The van der Waals surface area contributed by atoms with Gasteiger partial charge in [0, 0.05) is 25.4 Å². The highest BCUT2D eigenvalue weighted by Gasteiger charge is 2.31. The van der Waals surface area contributed by atoms with Crippen LogP contribution in [0.1, 0.15) is 26.7 Å². The molecule has 1 heterocycles. The van der Waals surface area contributed by atoms with Gasteiger partial charge >= 0.3 is 0 Å². The van der Waals surface area contributed by atoms with Gasteiger partial charge in [0.15, 0.2) is 0 Å². The number of piperidine rings is 1. The van der Waals surface area contributed by atoms with Gasteiger partial charge in [-0.3, -0.25) is 4.79 Å². The Morgan fingerprint density at radius 2 is 2.07 bits per heavy atom. The van der Waals surface area contributed by atoms with Gasteiger partial charge in [0.2, 0.25) is 10.0 Å². The maximum atomic E-state index is 11.5. The molecule has 0 spiro atoms. The second-order valence-electron chi connectivity index (χ2n) is 3.58. The maximum Gasteiger partial charge on any atom is 0.213 e. The van der Waals surface area contributed by atoms with Crippen molar-refractivity contribution in [3.63, 3.8) is 0 Å². The van der Waals surface area contributed by atoms with E-state index >= 15 is 0 Å². The predicted octanol–water partition coefficient (Wildman–Crippen LogP) is 0.637. The highest BCUT2D eigenvalue weighted by atomic mass is 32.2. The third kappa shape index (κ3) is 2.33. The molecule has 0 aromatic heterocycles. The first-order valence-electron chi connectivity index (χ1n) is 5.01. The van der Waals surface area contributed by atoms with Gasteiger partial charge in [-0.1, -0.05) is 6.92 Å². The van der Waals surface area contributed by atoms with E-state index in [0.29, 0.717) is 19.5 Å². The summed E-state index contributed by atoms with van der Waals surface area (Å²) < 4.78 is 24.5. The lowest BCUT2D eigenvalue weighted by molar-refractivity contribution is -0.125. The van der Waals surface area contributed by atoms with E-state index in [1.165, 1.54) is 4.31 Å². The van der Waals surface area contributed by atoms with Crippen LogP contribution in [-0.2, 0) is 14.8 Å². The zero-order chi connectivity index (χ0) is 10.8. The molecule has 0 amide bonds. The summed E-state index contributed by atoms with van der Waals surface area (Å²) in [4.78, 5) is 11.4. The van der Waals surface area contributed by atoms with Gasteiger partial charge in [-0.05, 0) is 13.3 Å². The van der Waals surface area contributed by atoms with Crippen molar-refractivity contribution in [1.82, 2.24) is 4.31 Å². The number of rotatable bonds is 3. The van der Waals surface area contributed by atoms with Crippen molar-refractivity contribution in [2.45, 2.75) is 26.7 Å². The second-order valence-corrected chi connectivity index (χ2v) is 5.84. The van der Waals surface area contributed by atoms with E-state index in [0.717, 1.165) is 6.42 Å². The molecule has 0 bridgehead atoms. The Morgan fingerprint density at radius 1 is 1.43 bits per heavy atom. The molecule has 14 heavy (non-hydrogen) atoms. The fraction of sp³-hybridized carbons (Fsp3) is 0.889. The smallest absolute Gasteiger partial charge is 0.213 e. The molecule has 0 N–H and O–H groups in total. The van der Waals surface area contributed by atoms with Crippen LogP contribution >= 0.6 is 0 Å². The first-order valence-corrected chi connectivity index (χ1v) is 6.62. The molecule has 1 aliphatic heterocycles. The van der Waals surface area contributed by atoms with Crippen molar-refractivity contribution < 1.29 is 13.2 Å². The third-order valence-corrected chi connectivity index (χ3v) is 4.59. The summed E-state index contributed by atoms with van der Waals surface area (Å²) in [5, 5.41) is 0. The molecule has 0 radical (unpaired) electrons. The molecule has 82 valence electrons. The number of ketones is 1. The molecule has 1 atom stereocenters. The van der Waals surface area contributed by atoms with Gasteiger partial charge in [-0.25, -0.2) is 12.7 Å². The number of sulfonamides is 1. The second kappa shape index (κ2) is 4.40. The van der Waals surface area contributed by atoms with Crippen molar-refractivity contribution >= 4 is 15.8 Å². The standard InChI is InChI=1S/C9H17NO3S/c1-3-8-7-10(6-5-9(8)11)14(12,13)4-2/h8H,3-7H2,1-2H3. The van der Waals surface area contributed by atoms with Crippen LogP contribution < -0.4 is 0 Å². The first-order chi connectivity index (χ1) is 6.51. The van der Waals surface area contributed by atoms with Gasteiger partial charge < -0.3 is 0 Å². The summed E-state index contributed by atoms with van der Waals surface area (Å²) in [7, 11) is -3.11. The number of Topliss-reactive ketones (excluding diaryl/α,β-unsaturated/α-hetero) is 1. The summed E-state index contributed by atoms with van der Waals surface area (Å²) in [5.74, 6) is 0.234. The number of hydrogen-bond donors (Lipinski definition) is 0. The fourth-order valence-electron chi connectivity index (χ4n) is 1.67. The van der Waals surface area contributed by atoms with Crippen LogP contribution in [0.5, 0.6) is 0 Å². The molecule has 1 fully saturated rings. The van der Waals surface area contributed by atoms with Crippen LogP contribution in [0, 0.1) is 5.92 Å². The summed E-state index contributed by atoms with van der Waals surface area (Å²) >= 11 is 0. The minimum atomic E-state index is -3.11. The van der Waals surface area contributed by atoms with E-state index in [1.54, 1.807) is 6.92 Å². The highest BCUT2D eigenvalue weighted by Crippen LogP contribution is 2.18. The number of nitrogens with zero attached hydrogens (tertiary/aromatic N) is 1. The Balaban J connectivity index is 2.73. The van der Waals surface area contributed by atoms with Crippen molar-refractivity contribution in [2.75, 3.05) is 18.8 Å². The summed E-state index contributed by atoms with van der Waals surface area (Å²) in [6.45, 7) is 4.30. The molecular formula is C9H17NO3S. The molecule has 1 aliphatic rings. The van der Waals surface area contributed by atoms with Crippen LogP contribution in [-0.4, -0.2) is 37.3 Å². The van der Waals surface area contributed by atoms with Gasteiger partial charge in [0.1, 0.15) is 5.78 Å². The Labute approximate surface area is 85.3 Å². The molecular weight excluding hydrogens is 202 g/mol. The molecule has 0 aromatic rings. The summed E-state index contributed by atoms with van der Waals surface area (Å²) in [6.07, 6.45) is 1.10. The Kier molecular flexibility index (Phi) is 3.66. The predicted molar refractivity (Wildman–Crippen MR) is 54.4 cm³/mol. The maximum absolute atomic E-state index is 11.5. The zero-order valence-corrected chi connectivity index (χ0v) is 9.51. The van der Waals surface area contributed by atoms with Crippen LogP contribution in [0.25, 0.3) is 0 Å². The van der Waals surface area contributed by atoms with E-state index in [2.05, 4.69) is 0 Å². The van der Waals surface area contributed by atoms with Crippen molar-refractivity contribution in [3.8, 4) is 0 Å². The van der Waals surface area contributed by atoms with Gasteiger partial charge in [-0.15, -0.1) is 0 Å². The molecule has 0 aliphatic carbocycles. The average molecular weight is 219 g/mol. The van der Waals surface area contributed by atoms with Gasteiger partial charge in [0.05, 0.1) is 5.75 Å². The van der Waals surface area contributed by atoms with Crippen molar-refractivity contribution in [2.24, 2.45) is 5.92 Å². The van der Waals surface area contributed by atoms with E-state index in [4.69, 9.17) is 0 Å². The quantitative estimate of drug-likeness (QED) is 0.700. The normalized spacial score (nSPS) is 25.3. The SMILES string of the molecule is CCC1CN(S(=O)(=O)CC)CCC1=O. The largest absolute Gasteiger partial charge is 0.299 e. The van der Waals surface area contributed by atoms with Crippen LogP contribution in [0.3, 0.4) is 0 Å². The minimum Gasteiger partial charge on any atom is -0.299 e. The van der Waals surface area contributed by atoms with Crippen molar-refractivity contribution in [3.05, 3.63) is 0 Å². The Morgan fingerprint density at radius 3 is 2.57 bits per heavy atom. The van der Waals surface area contributed by atoms with Crippen LogP contribution in [0.15, 0.2) is 0 Å².